The van der Waals surface area contributed by atoms with E-state index in [-0.39, 0.29) is 23.7 Å². The van der Waals surface area contributed by atoms with Gasteiger partial charge in [0.1, 0.15) is 0 Å². The van der Waals surface area contributed by atoms with Gasteiger partial charge in [-0.2, -0.15) is 0 Å². The number of benzene rings is 1. The summed E-state index contributed by atoms with van der Waals surface area (Å²) >= 11 is 0. The summed E-state index contributed by atoms with van der Waals surface area (Å²) in [6.07, 6.45) is -0.646. The third kappa shape index (κ3) is 6.97. The highest BCUT2D eigenvalue weighted by molar-refractivity contribution is 5.88. The Morgan fingerprint density at radius 1 is 1.08 bits per heavy atom. The molecule has 0 heterocycles. The standard InChI is InChI=1S/C17H24O7/c1-12(20-5)10-11-21-16(19)23-24-22-15(18)13-6-8-14(9-7-13)17(2,3)4/h6-9,12H,10-11H2,1-5H3. The molecule has 7 nitrogen and oxygen atoms in total. The second-order valence-electron chi connectivity index (χ2n) is 6.28. The van der Waals surface area contributed by atoms with Crippen LogP contribution < -0.4 is 0 Å². The minimum atomic E-state index is -1.10. The van der Waals surface area contributed by atoms with Gasteiger partial charge in [0.2, 0.25) is 0 Å². The van der Waals surface area contributed by atoms with Crippen molar-refractivity contribution in [2.45, 2.75) is 45.6 Å². The second kappa shape index (κ2) is 9.24. The Morgan fingerprint density at radius 2 is 1.71 bits per heavy atom. The Hall–Kier alpha value is -2.12. The lowest BCUT2D eigenvalue weighted by molar-refractivity contribution is -0.452. The van der Waals surface area contributed by atoms with Crippen LogP contribution in [-0.4, -0.2) is 31.9 Å². The van der Waals surface area contributed by atoms with Gasteiger partial charge in [-0.1, -0.05) is 32.9 Å². The van der Waals surface area contributed by atoms with E-state index in [0.717, 1.165) is 5.56 Å². The number of ether oxygens (including phenoxy) is 2. The minimum Gasteiger partial charge on any atom is -0.432 e. The zero-order valence-electron chi connectivity index (χ0n) is 14.7. The molecule has 0 saturated heterocycles. The van der Waals surface area contributed by atoms with E-state index in [4.69, 9.17) is 9.47 Å². The van der Waals surface area contributed by atoms with E-state index in [2.05, 4.69) is 35.6 Å². The molecule has 7 heteroatoms. The molecule has 0 aliphatic heterocycles. The zero-order valence-corrected chi connectivity index (χ0v) is 14.7. The number of carbonyl (C=O) groups excluding carboxylic acids is 2. The molecule has 24 heavy (non-hydrogen) atoms. The summed E-state index contributed by atoms with van der Waals surface area (Å²) in [6, 6.07) is 6.86. The molecule has 0 fully saturated rings. The fourth-order valence-corrected chi connectivity index (χ4v) is 1.68. The summed E-state index contributed by atoms with van der Waals surface area (Å²) in [4.78, 5) is 31.5. The van der Waals surface area contributed by atoms with Crippen LogP contribution in [0.1, 0.15) is 50.0 Å². The Kier molecular flexibility index (Phi) is 7.67. The van der Waals surface area contributed by atoms with Crippen molar-refractivity contribution in [1.82, 2.24) is 0 Å². The van der Waals surface area contributed by atoms with Gasteiger partial charge in [0, 0.05) is 13.5 Å². The maximum atomic E-state index is 11.7. The molecule has 1 rings (SSSR count). The monoisotopic (exact) mass is 340 g/mol. The van der Waals surface area contributed by atoms with Crippen LogP contribution in [0.5, 0.6) is 0 Å². The molecule has 1 unspecified atom stereocenters. The maximum Gasteiger partial charge on any atom is 0.543 e. The maximum absolute atomic E-state index is 11.7. The van der Waals surface area contributed by atoms with Gasteiger partial charge in [0.05, 0.1) is 23.3 Å². The molecule has 0 aliphatic rings. The first-order valence-corrected chi connectivity index (χ1v) is 7.59. The Balaban J connectivity index is 2.32. The lowest BCUT2D eigenvalue weighted by Crippen LogP contribution is -2.15. The van der Waals surface area contributed by atoms with Crippen LogP contribution in [0.25, 0.3) is 0 Å². The van der Waals surface area contributed by atoms with Gasteiger partial charge >= 0.3 is 12.1 Å². The van der Waals surface area contributed by atoms with Crippen LogP contribution in [0.4, 0.5) is 4.79 Å². The normalized spacial score (nSPS) is 12.4. The largest absolute Gasteiger partial charge is 0.543 e. The molecule has 0 aliphatic carbocycles. The zero-order chi connectivity index (χ0) is 18.2. The molecule has 0 radical (unpaired) electrons. The summed E-state index contributed by atoms with van der Waals surface area (Å²) in [5, 5.41) is 4.14. The van der Waals surface area contributed by atoms with Crippen molar-refractivity contribution < 1.29 is 33.9 Å². The van der Waals surface area contributed by atoms with E-state index >= 15 is 0 Å². The van der Waals surface area contributed by atoms with Crippen molar-refractivity contribution in [2.75, 3.05) is 13.7 Å². The summed E-state index contributed by atoms with van der Waals surface area (Å²) in [5.41, 5.74) is 1.32. The molecule has 0 bridgehead atoms. The van der Waals surface area contributed by atoms with Crippen molar-refractivity contribution in [2.24, 2.45) is 0 Å². The summed E-state index contributed by atoms with van der Waals surface area (Å²) in [7, 11) is 1.56. The van der Waals surface area contributed by atoms with Gasteiger partial charge in [-0.15, -0.1) is 0 Å². The highest BCUT2D eigenvalue weighted by Gasteiger charge is 2.16. The van der Waals surface area contributed by atoms with Gasteiger partial charge in [-0.05, 0) is 30.0 Å². The highest BCUT2D eigenvalue weighted by Crippen LogP contribution is 2.22. The quantitative estimate of drug-likeness (QED) is 0.426. The van der Waals surface area contributed by atoms with Crippen LogP contribution >= 0.6 is 0 Å². The average Bonchev–Trinajstić information content (AvgIpc) is 2.53. The molecule has 1 aromatic carbocycles. The topological polar surface area (TPSA) is 80.3 Å². The first-order valence-electron chi connectivity index (χ1n) is 7.59. The Morgan fingerprint density at radius 3 is 2.25 bits per heavy atom. The number of hydrogen-bond acceptors (Lipinski definition) is 7. The predicted octanol–water partition coefficient (Wildman–Crippen LogP) is 3.57. The molecular weight excluding hydrogens is 316 g/mol. The molecule has 134 valence electrons. The van der Waals surface area contributed by atoms with Gasteiger partial charge in [0.25, 0.3) is 0 Å². The first-order chi connectivity index (χ1) is 11.2. The van der Waals surface area contributed by atoms with E-state index in [1.54, 1.807) is 19.2 Å². The molecule has 1 atom stereocenters. The Labute approximate surface area is 141 Å². The van der Waals surface area contributed by atoms with Crippen LogP contribution in [0.15, 0.2) is 24.3 Å². The summed E-state index contributed by atoms with van der Waals surface area (Å²) in [5.74, 6) is -0.781. The molecule has 0 spiro atoms. The number of rotatable bonds is 7. The second-order valence-corrected chi connectivity index (χ2v) is 6.28. The molecular formula is C17H24O7. The predicted molar refractivity (Wildman–Crippen MR) is 85.2 cm³/mol. The van der Waals surface area contributed by atoms with Gasteiger partial charge in [-0.3, -0.25) is 4.89 Å². The number of hydrogen-bond donors (Lipinski definition) is 0. The van der Waals surface area contributed by atoms with E-state index in [9.17, 15) is 9.59 Å². The molecule has 1 aromatic rings. The lowest BCUT2D eigenvalue weighted by atomic mass is 9.87. The SMILES string of the molecule is COC(C)CCOC(=O)OOOC(=O)c1ccc(C(C)(C)C)cc1. The first kappa shape index (κ1) is 19.9. The molecule has 0 N–H and O–H groups in total. The van der Waals surface area contributed by atoms with Crippen LogP contribution in [-0.2, 0) is 29.7 Å². The van der Waals surface area contributed by atoms with Gasteiger partial charge < -0.3 is 9.47 Å². The van der Waals surface area contributed by atoms with E-state index in [1.165, 1.54) is 0 Å². The van der Waals surface area contributed by atoms with Gasteiger partial charge in [-0.25, -0.2) is 14.5 Å². The van der Waals surface area contributed by atoms with Crippen LogP contribution in [0.2, 0.25) is 0 Å². The molecule has 0 amide bonds. The smallest absolute Gasteiger partial charge is 0.432 e. The van der Waals surface area contributed by atoms with E-state index in [1.807, 2.05) is 19.1 Å². The minimum absolute atomic E-state index is 0.0217. The van der Waals surface area contributed by atoms with E-state index < -0.39 is 12.1 Å². The van der Waals surface area contributed by atoms with Crippen LogP contribution in [0, 0.1) is 0 Å². The molecule has 0 aromatic heterocycles. The van der Waals surface area contributed by atoms with Crippen molar-refractivity contribution in [3.63, 3.8) is 0 Å². The Bertz CT molecular complexity index is 531. The fraction of sp³-hybridized carbons (Fsp3) is 0.529. The summed E-state index contributed by atoms with van der Waals surface area (Å²) < 4.78 is 9.69. The average molecular weight is 340 g/mol. The van der Waals surface area contributed by atoms with E-state index in [0.29, 0.717) is 6.42 Å². The third-order valence-electron chi connectivity index (χ3n) is 3.35. The van der Waals surface area contributed by atoms with Crippen molar-refractivity contribution in [1.29, 1.82) is 0 Å². The molecule has 0 saturated carbocycles. The number of carbonyl (C=O) groups is 2. The van der Waals surface area contributed by atoms with Crippen molar-refractivity contribution >= 4 is 12.1 Å². The third-order valence-corrected chi connectivity index (χ3v) is 3.35. The summed E-state index contributed by atoms with van der Waals surface area (Å²) in [6.45, 7) is 8.13. The highest BCUT2D eigenvalue weighted by atomic mass is 17.5. The van der Waals surface area contributed by atoms with Crippen molar-refractivity contribution in [3.8, 4) is 0 Å². The number of methoxy groups -OCH3 is 1. The van der Waals surface area contributed by atoms with Crippen LogP contribution in [0.3, 0.4) is 0 Å². The van der Waals surface area contributed by atoms with Gasteiger partial charge in [0.15, 0.2) is 0 Å². The fourth-order valence-electron chi connectivity index (χ4n) is 1.68. The lowest BCUT2D eigenvalue weighted by Gasteiger charge is -2.18. The van der Waals surface area contributed by atoms with Crippen molar-refractivity contribution in [3.05, 3.63) is 35.4 Å².